The lowest BCUT2D eigenvalue weighted by atomic mass is 10.1. The molecule has 2 aromatic rings. The molecule has 1 nitrogen and oxygen atoms in total. The van der Waals surface area contributed by atoms with Crippen LogP contribution < -0.4 is 5.32 Å². The Labute approximate surface area is 130 Å². The molecule has 20 heavy (non-hydrogen) atoms. The van der Waals surface area contributed by atoms with E-state index < -0.39 is 0 Å². The zero-order valence-corrected chi connectivity index (χ0v) is 13.7. The average molecular weight is 306 g/mol. The van der Waals surface area contributed by atoms with Crippen molar-refractivity contribution in [2.24, 2.45) is 0 Å². The second kappa shape index (κ2) is 7.16. The molecular formula is C17H20ClNS. The molecule has 0 saturated heterocycles. The van der Waals surface area contributed by atoms with Crippen LogP contribution in [-0.2, 0) is 5.75 Å². The molecule has 0 bridgehead atoms. The van der Waals surface area contributed by atoms with E-state index in [0.717, 1.165) is 16.3 Å². The first-order chi connectivity index (χ1) is 9.61. The second-order valence-corrected chi connectivity index (χ2v) is 6.36. The van der Waals surface area contributed by atoms with Crippen molar-refractivity contribution >= 4 is 23.4 Å². The van der Waals surface area contributed by atoms with Crippen LogP contribution in [0.25, 0.3) is 0 Å². The Hall–Kier alpha value is -0.960. The molecule has 0 aliphatic carbocycles. The molecule has 0 aliphatic heterocycles. The molecule has 0 aromatic heterocycles. The van der Waals surface area contributed by atoms with Crippen LogP contribution in [-0.4, -0.2) is 7.05 Å². The van der Waals surface area contributed by atoms with Gasteiger partial charge in [0.25, 0.3) is 0 Å². The van der Waals surface area contributed by atoms with Crippen molar-refractivity contribution in [3.05, 3.63) is 64.2 Å². The topological polar surface area (TPSA) is 12.0 Å². The molecule has 1 unspecified atom stereocenters. The van der Waals surface area contributed by atoms with E-state index in [4.69, 9.17) is 11.6 Å². The second-order valence-electron chi connectivity index (χ2n) is 4.91. The highest BCUT2D eigenvalue weighted by molar-refractivity contribution is 7.98. The summed E-state index contributed by atoms with van der Waals surface area (Å²) in [6, 6.07) is 15.1. The van der Waals surface area contributed by atoms with Gasteiger partial charge in [-0.2, -0.15) is 0 Å². The van der Waals surface area contributed by atoms with E-state index in [-0.39, 0.29) is 6.04 Å². The van der Waals surface area contributed by atoms with E-state index in [1.165, 1.54) is 16.0 Å². The van der Waals surface area contributed by atoms with Crippen LogP contribution in [0.3, 0.4) is 0 Å². The molecule has 1 N–H and O–H groups in total. The number of nitrogens with one attached hydrogen (secondary N) is 1. The highest BCUT2D eigenvalue weighted by Crippen LogP contribution is 2.30. The largest absolute Gasteiger partial charge is 0.313 e. The fourth-order valence-corrected chi connectivity index (χ4v) is 3.46. The Balaban J connectivity index is 2.08. The van der Waals surface area contributed by atoms with Gasteiger partial charge in [0.05, 0.1) is 0 Å². The van der Waals surface area contributed by atoms with Gasteiger partial charge in [0.15, 0.2) is 0 Å². The number of hydrogen-bond acceptors (Lipinski definition) is 2. The van der Waals surface area contributed by atoms with Gasteiger partial charge in [0, 0.05) is 21.7 Å². The van der Waals surface area contributed by atoms with Gasteiger partial charge in [0.1, 0.15) is 0 Å². The maximum absolute atomic E-state index is 6.36. The van der Waals surface area contributed by atoms with Crippen LogP contribution in [0.1, 0.15) is 29.7 Å². The molecule has 0 saturated carbocycles. The maximum atomic E-state index is 6.36. The van der Waals surface area contributed by atoms with E-state index in [2.05, 4.69) is 61.6 Å². The predicted octanol–water partition coefficient (Wildman–Crippen LogP) is 5.22. The maximum Gasteiger partial charge on any atom is 0.0464 e. The Bertz CT molecular complexity index is 583. The lowest BCUT2D eigenvalue weighted by Gasteiger charge is -2.13. The van der Waals surface area contributed by atoms with Crippen molar-refractivity contribution in [3.63, 3.8) is 0 Å². The van der Waals surface area contributed by atoms with Crippen LogP contribution in [0.4, 0.5) is 0 Å². The fraction of sp³-hybridized carbons (Fsp3) is 0.294. The highest BCUT2D eigenvalue weighted by Gasteiger charge is 2.08. The Morgan fingerprint density at radius 1 is 1.20 bits per heavy atom. The normalized spacial score (nSPS) is 12.4. The van der Waals surface area contributed by atoms with Crippen molar-refractivity contribution in [3.8, 4) is 0 Å². The first kappa shape index (κ1) is 15.4. The number of hydrogen-bond donors (Lipinski definition) is 1. The molecule has 0 heterocycles. The minimum Gasteiger partial charge on any atom is -0.313 e. The lowest BCUT2D eigenvalue weighted by molar-refractivity contribution is 0.652. The highest BCUT2D eigenvalue weighted by atomic mass is 35.5. The third-order valence-corrected chi connectivity index (χ3v) is 4.90. The summed E-state index contributed by atoms with van der Waals surface area (Å²) in [5.74, 6) is 0.976. The molecule has 2 rings (SSSR count). The smallest absolute Gasteiger partial charge is 0.0464 e. The third-order valence-electron chi connectivity index (χ3n) is 3.53. The molecule has 0 amide bonds. The minimum atomic E-state index is 0.276. The van der Waals surface area contributed by atoms with E-state index in [9.17, 15) is 0 Å². The fourth-order valence-electron chi connectivity index (χ4n) is 2.04. The van der Waals surface area contributed by atoms with Gasteiger partial charge < -0.3 is 5.32 Å². The summed E-state index contributed by atoms with van der Waals surface area (Å²) in [5, 5.41) is 4.05. The molecule has 1 atom stereocenters. The summed E-state index contributed by atoms with van der Waals surface area (Å²) in [6.07, 6.45) is 0. The molecule has 2 aromatic carbocycles. The standard InChI is InChI=1S/C17H20ClNS/c1-12-6-4-5-7-14(12)11-20-15-8-9-16(13(2)19-3)17(18)10-15/h4-10,13,19H,11H2,1-3H3. The van der Waals surface area contributed by atoms with Crippen molar-refractivity contribution in [1.82, 2.24) is 5.32 Å². The Morgan fingerprint density at radius 3 is 2.60 bits per heavy atom. The summed E-state index contributed by atoms with van der Waals surface area (Å²) >= 11 is 8.19. The molecule has 3 heteroatoms. The van der Waals surface area contributed by atoms with Crippen molar-refractivity contribution in [2.75, 3.05) is 7.05 Å². The van der Waals surface area contributed by atoms with Gasteiger partial charge in [-0.05, 0) is 49.7 Å². The van der Waals surface area contributed by atoms with Crippen molar-refractivity contribution in [1.29, 1.82) is 0 Å². The van der Waals surface area contributed by atoms with Crippen LogP contribution in [0.15, 0.2) is 47.4 Å². The monoisotopic (exact) mass is 305 g/mol. The van der Waals surface area contributed by atoms with Gasteiger partial charge in [-0.15, -0.1) is 11.8 Å². The molecular weight excluding hydrogens is 286 g/mol. The zero-order chi connectivity index (χ0) is 14.5. The number of thioether (sulfide) groups is 1. The van der Waals surface area contributed by atoms with Crippen LogP contribution in [0.5, 0.6) is 0 Å². The average Bonchev–Trinajstić information content (AvgIpc) is 2.46. The van der Waals surface area contributed by atoms with E-state index >= 15 is 0 Å². The first-order valence-electron chi connectivity index (χ1n) is 6.76. The SMILES string of the molecule is CNC(C)c1ccc(SCc2ccccc2C)cc1Cl. The van der Waals surface area contributed by atoms with E-state index in [1.807, 2.05) is 18.8 Å². The van der Waals surface area contributed by atoms with Crippen LogP contribution in [0, 0.1) is 6.92 Å². The van der Waals surface area contributed by atoms with E-state index in [0.29, 0.717) is 0 Å². The lowest BCUT2D eigenvalue weighted by Crippen LogP contribution is -2.12. The van der Waals surface area contributed by atoms with Gasteiger partial charge in [0.2, 0.25) is 0 Å². The van der Waals surface area contributed by atoms with Gasteiger partial charge >= 0.3 is 0 Å². The number of benzene rings is 2. The van der Waals surface area contributed by atoms with Gasteiger partial charge in [-0.1, -0.05) is 41.9 Å². The number of rotatable bonds is 5. The summed E-state index contributed by atoms with van der Waals surface area (Å²) in [6.45, 7) is 4.27. The molecule has 0 aliphatic rings. The zero-order valence-electron chi connectivity index (χ0n) is 12.1. The molecule has 0 spiro atoms. The van der Waals surface area contributed by atoms with Crippen molar-refractivity contribution < 1.29 is 0 Å². The van der Waals surface area contributed by atoms with Gasteiger partial charge in [-0.25, -0.2) is 0 Å². The predicted molar refractivity (Wildman–Crippen MR) is 89.7 cm³/mol. The quantitative estimate of drug-likeness (QED) is 0.760. The number of halogens is 1. The summed E-state index contributed by atoms with van der Waals surface area (Å²) < 4.78 is 0. The molecule has 0 fully saturated rings. The summed E-state index contributed by atoms with van der Waals surface area (Å²) in [5.41, 5.74) is 3.86. The third kappa shape index (κ3) is 3.78. The number of aryl methyl sites for hydroxylation is 1. The summed E-state index contributed by atoms with van der Waals surface area (Å²) in [7, 11) is 1.95. The van der Waals surface area contributed by atoms with Crippen molar-refractivity contribution in [2.45, 2.75) is 30.5 Å². The minimum absolute atomic E-state index is 0.276. The Kier molecular flexibility index (Phi) is 5.53. The van der Waals surface area contributed by atoms with Crippen LogP contribution in [0.2, 0.25) is 5.02 Å². The van der Waals surface area contributed by atoms with Crippen LogP contribution >= 0.6 is 23.4 Å². The summed E-state index contributed by atoms with van der Waals surface area (Å²) in [4.78, 5) is 1.21. The Morgan fingerprint density at radius 2 is 1.95 bits per heavy atom. The first-order valence-corrected chi connectivity index (χ1v) is 8.12. The van der Waals surface area contributed by atoms with E-state index in [1.54, 1.807) is 0 Å². The molecule has 0 radical (unpaired) electrons. The van der Waals surface area contributed by atoms with Gasteiger partial charge in [-0.3, -0.25) is 0 Å². The molecule has 106 valence electrons.